The Kier molecular flexibility index (Phi) is 9.64. The number of ether oxygens (including phenoxy) is 1. The largest absolute Gasteiger partial charge is 0.458 e. The minimum Gasteiger partial charge on any atom is -0.458 e. The van der Waals surface area contributed by atoms with Gasteiger partial charge >= 0.3 is 0 Å². The monoisotopic (exact) mass is 1060 g/mol. The molecule has 0 radical (unpaired) electrons. The fourth-order valence-corrected chi connectivity index (χ4v) is 27.2. The number of benzene rings is 11. The van der Waals surface area contributed by atoms with Crippen molar-refractivity contribution in [2.24, 2.45) is 0 Å². The number of nitrogens with zero attached hydrogens (tertiary/aromatic N) is 2. The van der Waals surface area contributed by atoms with Gasteiger partial charge in [-0.25, -0.2) is 0 Å². The maximum Gasteiger partial charge on any atom is 0.257 e. The SMILES string of the molecule is CC(C)c1cc(C(C)C)c2c(c1)C(C)c1ccc3c(c1)N(c1ccccc1[Si]31c3ccccc3-c3ccccc31)c1cccc3c1B2c1c(cccc1N1c2ccccc2[Si]2(c4ccccc4-c4ccccc42)c2ccccc21)O3. The van der Waals surface area contributed by atoms with Gasteiger partial charge in [-0.2, -0.15) is 0 Å². The van der Waals surface area contributed by atoms with E-state index in [1.54, 1.807) is 0 Å². The first-order chi connectivity index (χ1) is 39.3. The van der Waals surface area contributed by atoms with Gasteiger partial charge in [0.2, 0.25) is 0 Å². The minimum absolute atomic E-state index is 0.0586. The van der Waals surface area contributed by atoms with Crippen LogP contribution >= 0.6 is 0 Å². The van der Waals surface area contributed by atoms with Crippen molar-refractivity contribution < 1.29 is 4.74 Å². The molecule has 80 heavy (non-hydrogen) atoms. The summed E-state index contributed by atoms with van der Waals surface area (Å²) in [6.07, 6.45) is 0. The Morgan fingerprint density at radius 1 is 0.362 bits per heavy atom. The van der Waals surface area contributed by atoms with E-state index >= 15 is 0 Å². The summed E-state index contributed by atoms with van der Waals surface area (Å²) in [7, 11) is -5.72. The van der Waals surface area contributed by atoms with Gasteiger partial charge in [-0.3, -0.25) is 0 Å². The molecule has 380 valence electrons. The van der Waals surface area contributed by atoms with Crippen LogP contribution in [0.15, 0.2) is 237 Å². The number of hydrogen-bond donors (Lipinski definition) is 0. The molecule has 2 bridgehead atoms. The fraction of sp³-hybridized carbons (Fsp3) is 0.108. The molecule has 0 aromatic heterocycles. The van der Waals surface area contributed by atoms with Crippen LogP contribution in [0.1, 0.15) is 74.6 Å². The highest BCUT2D eigenvalue weighted by Crippen LogP contribution is 2.48. The van der Waals surface area contributed by atoms with Crippen molar-refractivity contribution in [2.45, 2.75) is 52.4 Å². The van der Waals surface area contributed by atoms with Crippen molar-refractivity contribution in [1.29, 1.82) is 0 Å². The van der Waals surface area contributed by atoms with E-state index in [-0.39, 0.29) is 18.5 Å². The van der Waals surface area contributed by atoms with Gasteiger partial charge in [0.25, 0.3) is 6.71 Å². The van der Waals surface area contributed by atoms with Crippen LogP contribution in [0.4, 0.5) is 34.1 Å². The summed E-state index contributed by atoms with van der Waals surface area (Å²) in [6.45, 7) is 11.8. The van der Waals surface area contributed by atoms with Crippen LogP contribution in [-0.2, 0) is 0 Å². The first-order valence-electron chi connectivity index (χ1n) is 28.8. The Balaban J connectivity index is 0.989. The Labute approximate surface area is 471 Å². The molecule has 3 nitrogen and oxygen atoms in total. The van der Waals surface area contributed by atoms with E-state index < -0.39 is 16.1 Å². The van der Waals surface area contributed by atoms with Gasteiger partial charge in [0.1, 0.15) is 11.5 Å². The van der Waals surface area contributed by atoms with E-state index in [0.29, 0.717) is 5.92 Å². The zero-order chi connectivity index (χ0) is 53.3. The maximum absolute atomic E-state index is 7.63. The molecule has 0 fully saturated rings. The highest BCUT2D eigenvalue weighted by atomic mass is 28.3. The van der Waals surface area contributed by atoms with Crippen LogP contribution in [0.5, 0.6) is 11.5 Å². The summed E-state index contributed by atoms with van der Waals surface area (Å²) in [6, 6.07) is 92.1. The van der Waals surface area contributed by atoms with E-state index in [2.05, 4.69) is 281 Å². The zero-order valence-electron chi connectivity index (χ0n) is 45.6. The van der Waals surface area contributed by atoms with E-state index in [4.69, 9.17) is 4.74 Å². The molecule has 1 atom stereocenters. The second-order valence-corrected chi connectivity index (χ2v) is 31.0. The highest BCUT2D eigenvalue weighted by Gasteiger charge is 2.57. The molecule has 11 aromatic carbocycles. The Bertz CT molecular complexity index is 4360. The molecule has 17 rings (SSSR count). The summed E-state index contributed by atoms with van der Waals surface area (Å²) in [5.74, 6) is 2.45. The standard InChI is InChI=1S/C74H57BN2OSi2/c1-45(2)49-42-54(46(3)4)72-55(43-49)47(5)48-40-41-71-61(44-48)77(58-28-12-19-39-70(58)80(71)66-35-15-8-24-52(66)53-25-9-16-36-67(53)80)60-30-21-32-63-74(60)75(72)73-59(29-20-31-62(73)78-63)76-56-26-10-17-37-68(56)79(69-38-18-11-27-57(69)76)64-33-13-6-22-50(64)51-23-7-14-34-65(51)79/h6-47H,1-5H3. The predicted octanol–water partition coefficient (Wildman–Crippen LogP) is 11.3. The van der Waals surface area contributed by atoms with Crippen molar-refractivity contribution in [3.8, 4) is 33.8 Å². The summed E-state index contributed by atoms with van der Waals surface area (Å²) in [5.41, 5.74) is 22.1. The van der Waals surface area contributed by atoms with Gasteiger partial charge in [0.15, 0.2) is 16.1 Å². The molecular weight excluding hydrogens is 1000 g/mol. The second kappa shape index (κ2) is 16.7. The van der Waals surface area contributed by atoms with E-state index in [1.807, 2.05) is 0 Å². The number of para-hydroxylation sites is 3. The number of rotatable bonds is 3. The van der Waals surface area contributed by atoms with Crippen LogP contribution in [0.3, 0.4) is 0 Å². The van der Waals surface area contributed by atoms with Crippen LogP contribution < -0.4 is 72.4 Å². The molecule has 6 aliphatic heterocycles. The molecule has 0 amide bonds. The van der Waals surface area contributed by atoms with Crippen molar-refractivity contribution in [3.05, 3.63) is 259 Å². The lowest BCUT2D eigenvalue weighted by Gasteiger charge is -2.46. The summed E-state index contributed by atoms with van der Waals surface area (Å²) >= 11 is 0. The normalized spacial score (nSPS) is 16.1. The van der Waals surface area contributed by atoms with Gasteiger partial charge < -0.3 is 14.5 Å². The molecule has 6 heterocycles. The van der Waals surface area contributed by atoms with E-state index in [0.717, 1.165) is 22.9 Å². The van der Waals surface area contributed by atoms with Gasteiger partial charge in [0, 0.05) is 40.0 Å². The molecule has 6 aliphatic rings. The van der Waals surface area contributed by atoms with E-state index in [9.17, 15) is 0 Å². The van der Waals surface area contributed by atoms with Crippen molar-refractivity contribution in [2.75, 3.05) is 9.80 Å². The number of anilines is 6. The molecular formula is C74H57BN2OSi2. The Morgan fingerprint density at radius 2 is 0.750 bits per heavy atom. The smallest absolute Gasteiger partial charge is 0.257 e. The van der Waals surface area contributed by atoms with Crippen LogP contribution in [0, 0.1) is 0 Å². The average Bonchev–Trinajstić information content (AvgIpc) is 4.04. The lowest BCUT2D eigenvalue weighted by atomic mass is 9.33. The molecule has 11 aromatic rings. The Morgan fingerprint density at radius 3 is 1.19 bits per heavy atom. The average molecular weight is 1060 g/mol. The lowest BCUT2D eigenvalue weighted by molar-refractivity contribution is 0.487. The third-order valence-corrected chi connectivity index (χ3v) is 29.3. The van der Waals surface area contributed by atoms with Crippen LogP contribution in [-0.4, -0.2) is 22.9 Å². The molecule has 0 N–H and O–H groups in total. The lowest BCUT2D eigenvalue weighted by Crippen LogP contribution is -2.75. The summed E-state index contributed by atoms with van der Waals surface area (Å²) < 4.78 is 7.63. The van der Waals surface area contributed by atoms with Crippen molar-refractivity contribution >= 4 is 115 Å². The third kappa shape index (κ3) is 5.74. The van der Waals surface area contributed by atoms with Crippen molar-refractivity contribution in [1.82, 2.24) is 0 Å². The Hall–Kier alpha value is -8.68. The van der Waals surface area contributed by atoms with E-state index in [1.165, 1.54) is 125 Å². The quantitative estimate of drug-likeness (QED) is 0.164. The van der Waals surface area contributed by atoms with Gasteiger partial charge in [-0.1, -0.05) is 228 Å². The molecule has 2 spiro atoms. The molecule has 1 unspecified atom stereocenters. The predicted molar refractivity (Wildman–Crippen MR) is 341 cm³/mol. The maximum atomic E-state index is 7.63. The minimum atomic E-state index is -2.88. The zero-order valence-corrected chi connectivity index (χ0v) is 47.6. The first-order valence-corrected chi connectivity index (χ1v) is 32.8. The molecule has 0 aliphatic carbocycles. The first kappa shape index (κ1) is 46.3. The molecule has 0 saturated heterocycles. The topological polar surface area (TPSA) is 15.7 Å². The van der Waals surface area contributed by atoms with Crippen molar-refractivity contribution in [3.63, 3.8) is 0 Å². The summed E-state index contributed by atoms with van der Waals surface area (Å²) in [4.78, 5) is 5.31. The highest BCUT2D eigenvalue weighted by molar-refractivity contribution is 7.24. The number of fused-ring (bicyclic) bond motifs is 24. The molecule has 6 heteroatoms. The molecule has 0 saturated carbocycles. The van der Waals surface area contributed by atoms with Gasteiger partial charge in [-0.15, -0.1) is 0 Å². The third-order valence-electron chi connectivity index (χ3n) is 19.4. The van der Waals surface area contributed by atoms with Gasteiger partial charge in [0.05, 0.1) is 0 Å². The fourth-order valence-electron chi connectivity index (χ4n) is 16.1. The second-order valence-electron chi connectivity index (χ2n) is 23.7. The number of hydrogen-bond acceptors (Lipinski definition) is 3. The van der Waals surface area contributed by atoms with Crippen LogP contribution in [0.2, 0.25) is 0 Å². The summed E-state index contributed by atoms with van der Waals surface area (Å²) in [5, 5.41) is 11.6. The van der Waals surface area contributed by atoms with Crippen LogP contribution in [0.25, 0.3) is 22.3 Å². The van der Waals surface area contributed by atoms with Gasteiger partial charge in [-0.05, 0) is 157 Å².